The molecule has 0 aliphatic carbocycles. The van der Waals surface area contributed by atoms with Crippen LogP contribution in [0.25, 0.3) is 0 Å². The summed E-state index contributed by atoms with van der Waals surface area (Å²) < 4.78 is 9.12. The van der Waals surface area contributed by atoms with Crippen molar-refractivity contribution in [1.82, 2.24) is 0 Å². The Bertz CT molecular complexity index is 70.4. The summed E-state index contributed by atoms with van der Waals surface area (Å²) in [6.45, 7) is 3.62. The van der Waals surface area contributed by atoms with Gasteiger partial charge in [-0.1, -0.05) is 13.0 Å². The normalized spacial score (nSPS) is 6.38. The molecule has 4 heteroatoms. The van der Waals surface area contributed by atoms with Crippen molar-refractivity contribution in [2.24, 2.45) is 0 Å². The Hall–Kier alpha value is 0.420. The molecule has 1 nitrogen and oxygen atoms in total. The van der Waals surface area contributed by atoms with Gasteiger partial charge in [-0.05, 0) is 11.0 Å². The van der Waals surface area contributed by atoms with Gasteiger partial charge in [0.25, 0.3) is 0 Å². The van der Waals surface area contributed by atoms with E-state index >= 15 is 0 Å². The van der Waals surface area contributed by atoms with E-state index in [1.807, 2.05) is 6.08 Å². The van der Waals surface area contributed by atoms with Gasteiger partial charge < -0.3 is 0 Å². The van der Waals surface area contributed by atoms with Crippen molar-refractivity contribution in [2.45, 2.75) is 13.3 Å². The minimum absolute atomic E-state index is 1.08. The summed E-state index contributed by atoms with van der Waals surface area (Å²) in [7, 11) is 0. The molecule has 48 valence electrons. The lowest BCUT2D eigenvalue weighted by atomic mass is 10.5. The highest BCUT2D eigenvalue weighted by Crippen LogP contribution is 2.31. The Labute approximate surface area is 60.0 Å². The van der Waals surface area contributed by atoms with E-state index in [2.05, 4.69) is 36.0 Å². The fourth-order valence-corrected chi connectivity index (χ4v) is 0. The number of halogens is 2. The van der Waals surface area contributed by atoms with Crippen LogP contribution >= 0.6 is 29.0 Å². The van der Waals surface area contributed by atoms with Crippen molar-refractivity contribution in [2.75, 3.05) is 0 Å². The van der Waals surface area contributed by atoms with Gasteiger partial charge in [0, 0.05) is 0 Å². The highest BCUT2D eigenvalue weighted by molar-refractivity contribution is 7.95. The molecule has 0 aromatic carbocycles. The fraction of sp³-hybridized carbons (Fsp3) is 0.500. The number of hydrogen-bond acceptors (Lipinski definition) is 1. The molecule has 0 saturated heterocycles. The van der Waals surface area contributed by atoms with Crippen LogP contribution in [-0.2, 0) is 4.57 Å². The maximum Gasteiger partial charge on any atom is 0.575 e. The third-order valence-corrected chi connectivity index (χ3v) is 0.289. The number of allylic oxidation sites excluding steroid dienone is 1. The summed E-state index contributed by atoms with van der Waals surface area (Å²) in [6.07, 6.45) is 2.96. The van der Waals surface area contributed by atoms with Crippen molar-refractivity contribution in [1.29, 1.82) is 0 Å². The average molecular weight is 174 g/mol. The SMILES string of the molecule is C=CCC.O=[P+](Cl)Cl. The van der Waals surface area contributed by atoms with E-state index in [0.29, 0.717) is 0 Å². The molecule has 0 aromatic rings. The smallest absolute Gasteiger partial charge is 0.103 e. The molecule has 0 heterocycles. The van der Waals surface area contributed by atoms with E-state index in [9.17, 15) is 0 Å². The van der Waals surface area contributed by atoms with Gasteiger partial charge in [0.15, 0.2) is 0 Å². The Morgan fingerprint density at radius 3 is 1.88 bits per heavy atom. The molecular weight excluding hydrogens is 166 g/mol. The van der Waals surface area contributed by atoms with Gasteiger partial charge in [-0.2, -0.15) is 0 Å². The van der Waals surface area contributed by atoms with E-state index in [1.165, 1.54) is 0 Å². The second-order valence-electron chi connectivity index (χ2n) is 0.899. The largest absolute Gasteiger partial charge is 0.575 e. The molecular formula is C4H8Cl2OP+. The van der Waals surface area contributed by atoms with Gasteiger partial charge in [0.1, 0.15) is 0 Å². The Morgan fingerprint density at radius 1 is 1.75 bits per heavy atom. The molecule has 0 spiro atoms. The zero-order valence-electron chi connectivity index (χ0n) is 4.60. The molecule has 0 amide bonds. The van der Waals surface area contributed by atoms with Crippen molar-refractivity contribution in [3.05, 3.63) is 12.7 Å². The first kappa shape index (κ1) is 11.2. The molecule has 0 bridgehead atoms. The first-order valence-corrected chi connectivity index (χ1v) is 5.11. The summed E-state index contributed by atoms with van der Waals surface area (Å²) in [6, 6.07) is 0. The molecule has 0 N–H and O–H groups in total. The van der Waals surface area contributed by atoms with Crippen molar-refractivity contribution in [3.63, 3.8) is 0 Å². The van der Waals surface area contributed by atoms with Crippen LogP contribution in [-0.4, -0.2) is 0 Å². The molecule has 0 unspecified atom stereocenters. The predicted octanol–water partition coefficient (Wildman–Crippen LogP) is 3.70. The van der Waals surface area contributed by atoms with Gasteiger partial charge in [-0.3, -0.25) is 0 Å². The standard InChI is InChI=1S/C4H8.Cl2OP/c1-3-4-2;1-4(2)3/h3H,1,4H2,2H3;/q;+1. The highest BCUT2D eigenvalue weighted by atomic mass is 35.9. The van der Waals surface area contributed by atoms with Crippen molar-refractivity contribution in [3.8, 4) is 0 Å². The van der Waals surface area contributed by atoms with Crippen LogP contribution in [0.4, 0.5) is 0 Å². The topological polar surface area (TPSA) is 17.1 Å². The summed E-state index contributed by atoms with van der Waals surface area (Å²) in [5, 5.41) is 0. The van der Waals surface area contributed by atoms with E-state index in [4.69, 9.17) is 4.57 Å². The maximum atomic E-state index is 9.12. The lowest BCUT2D eigenvalue weighted by Crippen LogP contribution is -1.36. The molecule has 0 saturated carbocycles. The van der Waals surface area contributed by atoms with Crippen LogP contribution in [0.3, 0.4) is 0 Å². The van der Waals surface area contributed by atoms with E-state index < -0.39 is 6.51 Å². The molecule has 0 rings (SSSR count). The Kier molecular flexibility index (Phi) is 14.6. The first-order valence-electron chi connectivity index (χ1n) is 2.04. The minimum atomic E-state index is -1.93. The second kappa shape index (κ2) is 10.4. The average Bonchev–Trinajstić information content (AvgIpc) is 1.65. The Morgan fingerprint density at radius 2 is 1.88 bits per heavy atom. The number of rotatable bonds is 1. The van der Waals surface area contributed by atoms with Gasteiger partial charge >= 0.3 is 6.51 Å². The fourth-order valence-electron chi connectivity index (χ4n) is 0. The molecule has 0 atom stereocenters. The first-order chi connectivity index (χ1) is 3.65. The maximum absolute atomic E-state index is 9.12. The van der Waals surface area contributed by atoms with Crippen LogP contribution in [0.5, 0.6) is 0 Å². The van der Waals surface area contributed by atoms with Gasteiger partial charge in [0.05, 0.1) is 0 Å². The van der Waals surface area contributed by atoms with Crippen molar-refractivity contribution < 1.29 is 4.57 Å². The van der Waals surface area contributed by atoms with Crippen LogP contribution in [0.1, 0.15) is 13.3 Å². The summed E-state index contributed by atoms with van der Waals surface area (Å²) >= 11 is 9.10. The van der Waals surface area contributed by atoms with Crippen LogP contribution in [0.15, 0.2) is 12.7 Å². The molecule has 0 fully saturated rings. The number of hydrogen-bond donors (Lipinski definition) is 0. The Balaban J connectivity index is 0. The zero-order chi connectivity index (χ0) is 6.99. The summed E-state index contributed by atoms with van der Waals surface area (Å²) in [5.74, 6) is 0. The van der Waals surface area contributed by atoms with Gasteiger partial charge in [-0.25, -0.2) is 0 Å². The monoisotopic (exact) mass is 173 g/mol. The second-order valence-corrected chi connectivity index (χ2v) is 3.66. The van der Waals surface area contributed by atoms with Crippen LogP contribution in [0, 0.1) is 0 Å². The zero-order valence-corrected chi connectivity index (χ0v) is 7.01. The molecule has 0 aliphatic rings. The predicted molar refractivity (Wildman–Crippen MR) is 39.8 cm³/mol. The van der Waals surface area contributed by atoms with E-state index in [1.54, 1.807) is 0 Å². The quantitative estimate of drug-likeness (QED) is 0.437. The third-order valence-electron chi connectivity index (χ3n) is 0.289. The molecule has 8 heavy (non-hydrogen) atoms. The summed E-state index contributed by atoms with van der Waals surface area (Å²) in [5.41, 5.74) is 0. The van der Waals surface area contributed by atoms with E-state index in [-0.39, 0.29) is 0 Å². The van der Waals surface area contributed by atoms with E-state index in [0.717, 1.165) is 6.42 Å². The van der Waals surface area contributed by atoms with Gasteiger partial charge in [-0.15, -0.1) is 6.58 Å². The van der Waals surface area contributed by atoms with Crippen LogP contribution in [0.2, 0.25) is 0 Å². The highest BCUT2D eigenvalue weighted by Gasteiger charge is 1.97. The molecule has 0 aliphatic heterocycles. The molecule has 0 aromatic heterocycles. The molecule has 0 radical (unpaired) electrons. The summed E-state index contributed by atoms with van der Waals surface area (Å²) in [4.78, 5) is 0. The van der Waals surface area contributed by atoms with Crippen LogP contribution < -0.4 is 0 Å². The minimum Gasteiger partial charge on any atom is -0.103 e. The lowest BCUT2D eigenvalue weighted by Gasteiger charge is -1.57. The third kappa shape index (κ3) is 93.5. The van der Waals surface area contributed by atoms with Gasteiger partial charge in [0.2, 0.25) is 22.5 Å². The van der Waals surface area contributed by atoms with Crippen molar-refractivity contribution >= 4 is 29.0 Å². The lowest BCUT2D eigenvalue weighted by molar-refractivity contribution is 0.602.